The zero-order chi connectivity index (χ0) is 14.6. The van der Waals surface area contributed by atoms with Gasteiger partial charge in [-0.25, -0.2) is 9.59 Å². The summed E-state index contributed by atoms with van der Waals surface area (Å²) in [6.45, 7) is 1.27. The summed E-state index contributed by atoms with van der Waals surface area (Å²) in [5.74, 6) is -1.33. The molecule has 1 aromatic carbocycles. The molecule has 0 fully saturated rings. The molecule has 1 rings (SSSR count). The number of aliphatic hydroxyl groups is 1. The lowest BCUT2D eigenvalue weighted by Crippen LogP contribution is -2.49. The molecule has 0 spiro atoms. The smallest absolute Gasteiger partial charge is 0.328 e. The second-order valence-electron chi connectivity index (χ2n) is 3.78. The molecular formula is C11H12BrClN2O4. The fourth-order valence-corrected chi connectivity index (χ4v) is 2.00. The van der Waals surface area contributed by atoms with Crippen molar-refractivity contribution in [1.29, 1.82) is 0 Å². The van der Waals surface area contributed by atoms with Crippen LogP contribution in [0.2, 0.25) is 5.02 Å². The van der Waals surface area contributed by atoms with Crippen LogP contribution in [0.3, 0.4) is 0 Å². The number of carbonyl (C=O) groups excluding carboxylic acids is 1. The number of halogens is 2. The number of rotatable bonds is 4. The van der Waals surface area contributed by atoms with E-state index in [9.17, 15) is 14.7 Å². The number of amides is 2. The number of nitrogens with one attached hydrogen (secondary N) is 2. The van der Waals surface area contributed by atoms with E-state index in [2.05, 4.69) is 26.6 Å². The largest absolute Gasteiger partial charge is 0.480 e. The van der Waals surface area contributed by atoms with Gasteiger partial charge in [0, 0.05) is 4.47 Å². The molecule has 1 aromatic rings. The van der Waals surface area contributed by atoms with Gasteiger partial charge in [-0.15, -0.1) is 0 Å². The number of carboxylic acids is 1. The van der Waals surface area contributed by atoms with Crippen molar-refractivity contribution in [1.82, 2.24) is 5.32 Å². The molecule has 0 heterocycles. The van der Waals surface area contributed by atoms with Crippen LogP contribution in [0.15, 0.2) is 22.7 Å². The van der Waals surface area contributed by atoms with Gasteiger partial charge in [0.25, 0.3) is 0 Å². The number of anilines is 1. The minimum atomic E-state index is -1.39. The van der Waals surface area contributed by atoms with Crippen LogP contribution in [0, 0.1) is 0 Å². The van der Waals surface area contributed by atoms with Crippen molar-refractivity contribution in [3.63, 3.8) is 0 Å². The molecule has 2 amide bonds. The van der Waals surface area contributed by atoms with Crippen molar-refractivity contribution in [3.05, 3.63) is 27.7 Å². The third-order valence-corrected chi connectivity index (χ3v) is 3.02. The van der Waals surface area contributed by atoms with E-state index in [0.29, 0.717) is 10.7 Å². The minimum Gasteiger partial charge on any atom is -0.480 e. The molecule has 0 saturated heterocycles. The van der Waals surface area contributed by atoms with Crippen molar-refractivity contribution in [3.8, 4) is 0 Å². The number of aliphatic carboxylic acids is 1. The van der Waals surface area contributed by atoms with Gasteiger partial charge in [0.05, 0.1) is 16.8 Å². The molecule has 0 radical (unpaired) electrons. The zero-order valence-electron chi connectivity index (χ0n) is 9.85. The normalized spacial score (nSPS) is 13.5. The van der Waals surface area contributed by atoms with Crippen LogP contribution >= 0.6 is 27.5 Å². The Morgan fingerprint density at radius 2 is 2.05 bits per heavy atom. The van der Waals surface area contributed by atoms with E-state index in [1.54, 1.807) is 18.2 Å². The van der Waals surface area contributed by atoms with E-state index in [0.717, 1.165) is 4.47 Å². The molecule has 8 heteroatoms. The lowest BCUT2D eigenvalue weighted by Gasteiger charge is -2.17. The first-order chi connectivity index (χ1) is 8.81. The van der Waals surface area contributed by atoms with E-state index >= 15 is 0 Å². The molecule has 0 aliphatic heterocycles. The highest BCUT2D eigenvalue weighted by Gasteiger charge is 2.25. The van der Waals surface area contributed by atoms with E-state index in [-0.39, 0.29) is 0 Å². The summed E-state index contributed by atoms with van der Waals surface area (Å²) in [5, 5.41) is 22.9. The summed E-state index contributed by atoms with van der Waals surface area (Å²) in [6.07, 6.45) is -1.22. The number of hydrogen-bond donors (Lipinski definition) is 4. The third kappa shape index (κ3) is 4.70. The second kappa shape index (κ2) is 6.74. The predicted molar refractivity (Wildman–Crippen MR) is 74.4 cm³/mol. The molecule has 4 N–H and O–H groups in total. The monoisotopic (exact) mass is 350 g/mol. The number of carbonyl (C=O) groups is 2. The van der Waals surface area contributed by atoms with Gasteiger partial charge in [-0.2, -0.15) is 0 Å². The summed E-state index contributed by atoms with van der Waals surface area (Å²) in [5.41, 5.74) is 0.331. The first-order valence-corrected chi connectivity index (χ1v) is 6.42. The Morgan fingerprint density at radius 3 is 2.53 bits per heavy atom. The minimum absolute atomic E-state index is 0.299. The van der Waals surface area contributed by atoms with Crippen molar-refractivity contribution in [2.75, 3.05) is 5.32 Å². The summed E-state index contributed by atoms with van der Waals surface area (Å²) < 4.78 is 0.746. The van der Waals surface area contributed by atoms with E-state index < -0.39 is 24.1 Å². The molecule has 0 bridgehead atoms. The molecule has 0 unspecified atom stereocenters. The predicted octanol–water partition coefficient (Wildman–Crippen LogP) is 2.06. The Labute approximate surface area is 122 Å². The third-order valence-electron chi connectivity index (χ3n) is 2.21. The first-order valence-electron chi connectivity index (χ1n) is 5.24. The highest BCUT2D eigenvalue weighted by atomic mass is 79.9. The van der Waals surface area contributed by atoms with Gasteiger partial charge in [-0.05, 0) is 25.1 Å². The van der Waals surface area contributed by atoms with Crippen LogP contribution < -0.4 is 10.6 Å². The van der Waals surface area contributed by atoms with Crippen LogP contribution in [0.1, 0.15) is 6.92 Å². The molecule has 2 atom stereocenters. The Morgan fingerprint density at radius 1 is 1.42 bits per heavy atom. The van der Waals surface area contributed by atoms with Gasteiger partial charge in [0.15, 0.2) is 6.04 Å². The van der Waals surface area contributed by atoms with Gasteiger partial charge in [0.1, 0.15) is 0 Å². The number of benzene rings is 1. The highest BCUT2D eigenvalue weighted by molar-refractivity contribution is 9.10. The van der Waals surface area contributed by atoms with E-state index in [4.69, 9.17) is 16.7 Å². The molecule has 0 aromatic heterocycles. The maximum atomic E-state index is 11.6. The number of hydrogen-bond acceptors (Lipinski definition) is 3. The van der Waals surface area contributed by atoms with Gasteiger partial charge in [-0.3, -0.25) is 0 Å². The van der Waals surface area contributed by atoms with Crippen LogP contribution in [-0.4, -0.2) is 34.4 Å². The molecule has 0 aliphatic rings. The fourth-order valence-electron chi connectivity index (χ4n) is 1.28. The average Bonchev–Trinajstić information content (AvgIpc) is 2.29. The van der Waals surface area contributed by atoms with Crippen LogP contribution in [-0.2, 0) is 4.79 Å². The zero-order valence-corrected chi connectivity index (χ0v) is 12.2. The van der Waals surface area contributed by atoms with Gasteiger partial charge < -0.3 is 20.8 Å². The second-order valence-corrected chi connectivity index (χ2v) is 5.10. The Bertz CT molecular complexity index is 496. The highest BCUT2D eigenvalue weighted by Crippen LogP contribution is 2.25. The van der Waals surface area contributed by atoms with Crippen molar-refractivity contribution >= 4 is 45.2 Å². The number of urea groups is 1. The number of carboxylic acid groups (broad SMARTS) is 1. The molecule has 0 saturated carbocycles. The summed E-state index contributed by atoms with van der Waals surface area (Å²) in [7, 11) is 0. The standard InChI is InChI=1S/C11H12BrClN2O4/c1-5(16)9(10(17)18)15-11(19)14-8-3-2-6(12)4-7(8)13/h2-5,9,16H,1H3,(H,17,18)(H2,14,15,19)/t5-,9+/m1/s1. The quantitative estimate of drug-likeness (QED) is 0.667. The molecule has 0 aliphatic carbocycles. The van der Waals surface area contributed by atoms with E-state index in [1.165, 1.54) is 6.92 Å². The molecular weight excluding hydrogens is 339 g/mol. The summed E-state index contributed by atoms with van der Waals surface area (Å²) in [4.78, 5) is 22.4. The SMILES string of the molecule is C[C@@H](O)[C@H](NC(=O)Nc1ccc(Br)cc1Cl)C(=O)O. The topological polar surface area (TPSA) is 98.7 Å². The summed E-state index contributed by atoms with van der Waals surface area (Å²) >= 11 is 9.11. The average molecular weight is 352 g/mol. The maximum absolute atomic E-state index is 11.6. The van der Waals surface area contributed by atoms with E-state index in [1.807, 2.05) is 0 Å². The van der Waals surface area contributed by atoms with Crippen molar-refractivity contribution in [2.24, 2.45) is 0 Å². The lowest BCUT2D eigenvalue weighted by molar-refractivity contribution is -0.141. The Hall–Kier alpha value is -1.31. The van der Waals surface area contributed by atoms with Crippen molar-refractivity contribution < 1.29 is 19.8 Å². The lowest BCUT2D eigenvalue weighted by atomic mass is 10.2. The molecule has 19 heavy (non-hydrogen) atoms. The molecule has 104 valence electrons. The fraction of sp³-hybridized carbons (Fsp3) is 0.273. The van der Waals surface area contributed by atoms with Crippen LogP contribution in [0.4, 0.5) is 10.5 Å². The summed E-state index contributed by atoms with van der Waals surface area (Å²) in [6, 6.07) is 2.65. The number of aliphatic hydroxyl groups excluding tert-OH is 1. The van der Waals surface area contributed by atoms with Gasteiger partial charge in [0.2, 0.25) is 0 Å². The van der Waals surface area contributed by atoms with Crippen molar-refractivity contribution in [2.45, 2.75) is 19.1 Å². The van der Waals surface area contributed by atoms with Gasteiger partial charge in [-0.1, -0.05) is 27.5 Å². The first kappa shape index (κ1) is 15.7. The van der Waals surface area contributed by atoms with Crippen LogP contribution in [0.5, 0.6) is 0 Å². The Kier molecular flexibility index (Phi) is 5.59. The maximum Gasteiger partial charge on any atom is 0.328 e. The molecule has 6 nitrogen and oxygen atoms in total. The Balaban J connectivity index is 2.72. The van der Waals surface area contributed by atoms with Gasteiger partial charge >= 0.3 is 12.0 Å². The van der Waals surface area contributed by atoms with Crippen LogP contribution in [0.25, 0.3) is 0 Å².